The average Bonchev–Trinajstić information content (AvgIpc) is 3.38. The summed E-state index contributed by atoms with van der Waals surface area (Å²) in [7, 11) is 0. The molecule has 1 amide bonds. The van der Waals surface area contributed by atoms with Gasteiger partial charge >= 0.3 is 0 Å². The van der Waals surface area contributed by atoms with Crippen molar-refractivity contribution in [3.05, 3.63) is 41.3 Å². The summed E-state index contributed by atoms with van der Waals surface area (Å²) in [6.07, 6.45) is 7.85. The molecule has 1 aliphatic heterocycles. The number of hydrogen-bond acceptors (Lipinski definition) is 4. The van der Waals surface area contributed by atoms with Crippen LogP contribution >= 0.6 is 0 Å². The molecule has 29 heavy (non-hydrogen) atoms. The lowest BCUT2D eigenvalue weighted by molar-refractivity contribution is -0.127. The molecule has 1 saturated heterocycles. The first-order valence-electron chi connectivity index (χ1n) is 11.2. The summed E-state index contributed by atoms with van der Waals surface area (Å²) >= 11 is 0. The summed E-state index contributed by atoms with van der Waals surface area (Å²) in [5, 5.41) is 3.28. The Kier molecular flexibility index (Phi) is 6.34. The van der Waals surface area contributed by atoms with Crippen molar-refractivity contribution in [2.45, 2.75) is 71.4 Å². The molecule has 0 radical (unpaired) electrons. The molecule has 1 saturated carbocycles. The lowest BCUT2D eigenvalue weighted by Gasteiger charge is -2.32. The normalized spacial score (nSPS) is 20.8. The van der Waals surface area contributed by atoms with E-state index in [4.69, 9.17) is 9.40 Å². The molecule has 1 aromatic heterocycles. The van der Waals surface area contributed by atoms with Gasteiger partial charge in [-0.3, -0.25) is 9.69 Å². The number of aryl methyl sites for hydroxylation is 2. The van der Waals surface area contributed by atoms with Crippen LogP contribution in [-0.4, -0.2) is 34.9 Å². The first-order valence-corrected chi connectivity index (χ1v) is 11.2. The molecular weight excluding hydrogens is 362 g/mol. The molecule has 4 rings (SSSR count). The van der Waals surface area contributed by atoms with E-state index in [1.165, 1.54) is 18.4 Å². The van der Waals surface area contributed by atoms with Crippen LogP contribution in [0.1, 0.15) is 62.5 Å². The fraction of sp³-hybridized carbons (Fsp3) is 0.583. The maximum absolute atomic E-state index is 12.7. The van der Waals surface area contributed by atoms with E-state index in [9.17, 15) is 4.79 Å². The van der Waals surface area contributed by atoms with Crippen molar-refractivity contribution in [2.24, 2.45) is 5.92 Å². The van der Waals surface area contributed by atoms with Crippen LogP contribution in [0.5, 0.6) is 0 Å². The SMILES string of the molecule is CCc1ccc(-c2nc(CN3CCCC(C(=O)NC4CCCC4)C3)c(C)o2)cc1. The van der Waals surface area contributed by atoms with Crippen molar-refractivity contribution in [1.29, 1.82) is 0 Å². The van der Waals surface area contributed by atoms with Gasteiger partial charge < -0.3 is 9.73 Å². The van der Waals surface area contributed by atoms with E-state index in [2.05, 4.69) is 41.4 Å². The summed E-state index contributed by atoms with van der Waals surface area (Å²) in [6.45, 7) is 6.71. The van der Waals surface area contributed by atoms with Crippen molar-refractivity contribution in [3.63, 3.8) is 0 Å². The van der Waals surface area contributed by atoms with Crippen LogP contribution in [-0.2, 0) is 17.8 Å². The predicted octanol–water partition coefficient (Wildman–Crippen LogP) is 4.48. The highest BCUT2D eigenvalue weighted by molar-refractivity contribution is 5.79. The maximum atomic E-state index is 12.7. The largest absolute Gasteiger partial charge is 0.441 e. The highest BCUT2D eigenvalue weighted by Gasteiger charge is 2.29. The second-order valence-corrected chi connectivity index (χ2v) is 8.64. The number of piperidine rings is 1. The van der Waals surface area contributed by atoms with E-state index in [1.807, 2.05) is 6.92 Å². The van der Waals surface area contributed by atoms with Gasteiger partial charge in [-0.25, -0.2) is 4.98 Å². The van der Waals surface area contributed by atoms with Crippen molar-refractivity contribution in [3.8, 4) is 11.5 Å². The van der Waals surface area contributed by atoms with E-state index in [-0.39, 0.29) is 11.8 Å². The quantitative estimate of drug-likeness (QED) is 0.783. The minimum absolute atomic E-state index is 0.0950. The zero-order valence-corrected chi connectivity index (χ0v) is 17.7. The van der Waals surface area contributed by atoms with E-state index in [1.54, 1.807) is 0 Å². The molecule has 2 fully saturated rings. The standard InChI is InChI=1S/C24H33N3O2/c1-3-18-10-12-19(13-11-18)24-26-22(17(2)29-24)16-27-14-6-7-20(15-27)23(28)25-21-8-4-5-9-21/h10-13,20-21H,3-9,14-16H2,1-2H3,(H,25,28). The molecule has 2 aliphatic rings. The molecule has 1 aliphatic carbocycles. The minimum atomic E-state index is 0.0950. The van der Waals surface area contributed by atoms with E-state index >= 15 is 0 Å². The number of aromatic nitrogens is 1. The molecule has 156 valence electrons. The van der Waals surface area contributed by atoms with Crippen LogP contribution < -0.4 is 5.32 Å². The summed E-state index contributed by atoms with van der Waals surface area (Å²) in [5.74, 6) is 1.90. The lowest BCUT2D eigenvalue weighted by atomic mass is 9.96. The molecule has 5 heteroatoms. The Labute approximate surface area is 173 Å². The van der Waals surface area contributed by atoms with Gasteiger partial charge in [-0.2, -0.15) is 0 Å². The summed E-state index contributed by atoms with van der Waals surface area (Å²) < 4.78 is 5.96. The smallest absolute Gasteiger partial charge is 0.226 e. The Bertz CT molecular complexity index is 821. The number of amides is 1. The molecule has 0 bridgehead atoms. The van der Waals surface area contributed by atoms with E-state index < -0.39 is 0 Å². The van der Waals surface area contributed by atoms with Gasteiger partial charge in [0.2, 0.25) is 11.8 Å². The number of benzene rings is 1. The minimum Gasteiger partial charge on any atom is -0.441 e. The number of likely N-dealkylation sites (tertiary alicyclic amines) is 1. The van der Waals surface area contributed by atoms with E-state index in [0.717, 1.165) is 68.8 Å². The van der Waals surface area contributed by atoms with Gasteiger partial charge in [0.15, 0.2) is 0 Å². The maximum Gasteiger partial charge on any atom is 0.226 e. The number of nitrogens with one attached hydrogen (secondary N) is 1. The molecule has 1 unspecified atom stereocenters. The summed E-state index contributed by atoms with van der Waals surface area (Å²) in [4.78, 5) is 19.8. The van der Waals surface area contributed by atoms with Gasteiger partial charge in [-0.15, -0.1) is 0 Å². The number of oxazole rings is 1. The molecule has 2 aromatic rings. The molecule has 1 atom stereocenters. The third-order valence-electron chi connectivity index (χ3n) is 6.45. The van der Waals surface area contributed by atoms with Gasteiger partial charge in [-0.05, 0) is 63.3 Å². The fourth-order valence-corrected chi connectivity index (χ4v) is 4.60. The summed E-state index contributed by atoms with van der Waals surface area (Å²) in [5.41, 5.74) is 3.31. The number of rotatable bonds is 6. The number of carbonyl (C=O) groups excluding carboxylic acids is 1. The van der Waals surface area contributed by atoms with Crippen LogP contribution in [0.15, 0.2) is 28.7 Å². The zero-order chi connectivity index (χ0) is 20.2. The molecule has 2 heterocycles. The molecule has 5 nitrogen and oxygen atoms in total. The number of carbonyl (C=O) groups is 1. The van der Waals surface area contributed by atoms with Crippen molar-refractivity contribution < 1.29 is 9.21 Å². The topological polar surface area (TPSA) is 58.4 Å². The molecule has 0 spiro atoms. The van der Waals surface area contributed by atoms with E-state index in [0.29, 0.717) is 11.9 Å². The van der Waals surface area contributed by atoms with Crippen LogP contribution in [0.2, 0.25) is 0 Å². The second-order valence-electron chi connectivity index (χ2n) is 8.64. The lowest BCUT2D eigenvalue weighted by Crippen LogP contribution is -2.45. The fourth-order valence-electron chi connectivity index (χ4n) is 4.60. The van der Waals surface area contributed by atoms with Crippen molar-refractivity contribution in [1.82, 2.24) is 15.2 Å². The summed E-state index contributed by atoms with van der Waals surface area (Å²) in [6, 6.07) is 8.83. The Morgan fingerprint density at radius 1 is 1.17 bits per heavy atom. The predicted molar refractivity (Wildman–Crippen MR) is 114 cm³/mol. The van der Waals surface area contributed by atoms with Crippen LogP contribution in [0.3, 0.4) is 0 Å². The van der Waals surface area contributed by atoms with Crippen LogP contribution in [0.25, 0.3) is 11.5 Å². The van der Waals surface area contributed by atoms with Gasteiger partial charge in [0.25, 0.3) is 0 Å². The third-order valence-corrected chi connectivity index (χ3v) is 6.45. The Balaban J connectivity index is 1.38. The first-order chi connectivity index (χ1) is 14.1. The zero-order valence-electron chi connectivity index (χ0n) is 17.7. The Morgan fingerprint density at radius 2 is 1.93 bits per heavy atom. The average molecular weight is 396 g/mol. The van der Waals surface area contributed by atoms with Gasteiger partial charge in [0, 0.05) is 24.7 Å². The van der Waals surface area contributed by atoms with Crippen LogP contribution in [0, 0.1) is 12.8 Å². The van der Waals surface area contributed by atoms with Gasteiger partial charge in [0.1, 0.15) is 5.76 Å². The number of hydrogen-bond donors (Lipinski definition) is 1. The van der Waals surface area contributed by atoms with Crippen molar-refractivity contribution >= 4 is 5.91 Å². The molecule has 1 N–H and O–H groups in total. The highest BCUT2D eigenvalue weighted by Crippen LogP contribution is 2.25. The molecule has 1 aromatic carbocycles. The third kappa shape index (κ3) is 4.89. The van der Waals surface area contributed by atoms with Crippen LogP contribution in [0.4, 0.5) is 0 Å². The Morgan fingerprint density at radius 3 is 2.66 bits per heavy atom. The Hall–Kier alpha value is -2.14. The van der Waals surface area contributed by atoms with Gasteiger partial charge in [-0.1, -0.05) is 31.9 Å². The first kappa shape index (κ1) is 20.1. The molecular formula is C24H33N3O2. The second kappa shape index (κ2) is 9.12. The monoisotopic (exact) mass is 395 g/mol. The van der Waals surface area contributed by atoms with Crippen molar-refractivity contribution in [2.75, 3.05) is 13.1 Å². The van der Waals surface area contributed by atoms with Gasteiger partial charge in [0.05, 0.1) is 11.6 Å². The number of nitrogens with zero attached hydrogens (tertiary/aromatic N) is 2. The highest BCUT2D eigenvalue weighted by atomic mass is 16.4.